The van der Waals surface area contributed by atoms with E-state index < -0.39 is 0 Å². The van der Waals surface area contributed by atoms with Gasteiger partial charge in [-0.15, -0.1) is 0 Å². The minimum Gasteiger partial charge on any atom is -0.488 e. The first-order chi connectivity index (χ1) is 10.3. The maximum Gasteiger partial charge on any atom is 0.122 e. The SMILES string of the molecule is CC(C)(C)Oc1ccc2c(C(C)(C)C)cc(C(C)(C)C)nc2c1. The number of benzene rings is 1. The molecule has 0 saturated heterocycles. The zero-order valence-corrected chi connectivity index (χ0v) is 16.2. The molecule has 1 aromatic carbocycles. The zero-order valence-electron chi connectivity index (χ0n) is 16.2. The van der Waals surface area contributed by atoms with E-state index in [9.17, 15) is 0 Å². The highest BCUT2D eigenvalue weighted by atomic mass is 16.5. The number of hydrogen-bond donors (Lipinski definition) is 0. The van der Waals surface area contributed by atoms with E-state index in [-0.39, 0.29) is 16.4 Å². The molecule has 0 unspecified atom stereocenters. The summed E-state index contributed by atoms with van der Waals surface area (Å²) >= 11 is 0. The number of nitrogens with zero attached hydrogens (tertiary/aromatic N) is 1. The molecule has 0 aliphatic carbocycles. The van der Waals surface area contributed by atoms with Gasteiger partial charge in [-0.05, 0) is 49.9 Å². The molecule has 0 N–H and O–H groups in total. The molecule has 0 radical (unpaired) electrons. The van der Waals surface area contributed by atoms with E-state index in [1.54, 1.807) is 0 Å². The number of aromatic nitrogens is 1. The Balaban J connectivity index is 2.70. The van der Waals surface area contributed by atoms with Gasteiger partial charge >= 0.3 is 0 Å². The van der Waals surface area contributed by atoms with Crippen molar-refractivity contribution in [1.82, 2.24) is 4.98 Å². The van der Waals surface area contributed by atoms with Crippen molar-refractivity contribution in [2.75, 3.05) is 0 Å². The van der Waals surface area contributed by atoms with Crippen LogP contribution in [0.5, 0.6) is 5.75 Å². The van der Waals surface area contributed by atoms with E-state index in [2.05, 4.69) is 86.6 Å². The van der Waals surface area contributed by atoms with E-state index in [0.717, 1.165) is 17.0 Å². The summed E-state index contributed by atoms with van der Waals surface area (Å²) in [7, 11) is 0. The van der Waals surface area contributed by atoms with Crippen LogP contribution < -0.4 is 4.74 Å². The van der Waals surface area contributed by atoms with Gasteiger partial charge in [-0.3, -0.25) is 4.98 Å². The molecule has 0 bridgehead atoms. The molecule has 0 atom stereocenters. The van der Waals surface area contributed by atoms with Crippen molar-refractivity contribution in [3.63, 3.8) is 0 Å². The quantitative estimate of drug-likeness (QED) is 0.643. The van der Waals surface area contributed by atoms with Gasteiger partial charge in [-0.25, -0.2) is 0 Å². The maximum absolute atomic E-state index is 6.02. The minimum absolute atomic E-state index is 0.0229. The number of fused-ring (bicyclic) bond motifs is 1. The maximum atomic E-state index is 6.02. The molecule has 0 amide bonds. The van der Waals surface area contributed by atoms with Gasteiger partial charge in [0.15, 0.2) is 0 Å². The van der Waals surface area contributed by atoms with Crippen molar-refractivity contribution in [3.8, 4) is 5.75 Å². The number of ether oxygens (including phenoxy) is 1. The van der Waals surface area contributed by atoms with Crippen LogP contribution in [0.2, 0.25) is 0 Å². The summed E-state index contributed by atoms with van der Waals surface area (Å²) in [6.45, 7) is 19.6. The van der Waals surface area contributed by atoms with Crippen LogP contribution >= 0.6 is 0 Å². The average molecular weight is 313 g/mol. The molecule has 0 aliphatic rings. The summed E-state index contributed by atoms with van der Waals surface area (Å²) in [4.78, 5) is 4.93. The third-order valence-corrected chi connectivity index (χ3v) is 3.78. The highest BCUT2D eigenvalue weighted by molar-refractivity contribution is 5.85. The smallest absolute Gasteiger partial charge is 0.122 e. The Labute approximate surface area is 141 Å². The Morgan fingerprint density at radius 2 is 1.39 bits per heavy atom. The van der Waals surface area contributed by atoms with E-state index >= 15 is 0 Å². The third-order valence-electron chi connectivity index (χ3n) is 3.78. The van der Waals surface area contributed by atoms with Crippen molar-refractivity contribution in [2.45, 2.75) is 78.7 Å². The van der Waals surface area contributed by atoms with Crippen molar-refractivity contribution in [3.05, 3.63) is 35.5 Å². The second kappa shape index (κ2) is 5.51. The largest absolute Gasteiger partial charge is 0.488 e. The normalized spacial score (nSPS) is 13.4. The molecule has 2 heteroatoms. The fourth-order valence-corrected chi connectivity index (χ4v) is 2.63. The molecule has 2 aromatic rings. The molecule has 23 heavy (non-hydrogen) atoms. The van der Waals surface area contributed by atoms with Crippen LogP contribution in [-0.4, -0.2) is 10.6 Å². The van der Waals surface area contributed by atoms with Crippen LogP contribution in [0.3, 0.4) is 0 Å². The monoisotopic (exact) mass is 313 g/mol. The van der Waals surface area contributed by atoms with Crippen LogP contribution in [0.25, 0.3) is 10.9 Å². The van der Waals surface area contributed by atoms with Gasteiger partial charge in [-0.2, -0.15) is 0 Å². The lowest BCUT2D eigenvalue weighted by molar-refractivity contribution is 0.131. The molecule has 2 rings (SSSR count). The lowest BCUT2D eigenvalue weighted by Gasteiger charge is -2.27. The lowest BCUT2D eigenvalue weighted by Crippen LogP contribution is -2.23. The second-order valence-electron chi connectivity index (χ2n) is 9.45. The predicted octanol–water partition coefficient (Wildman–Crippen LogP) is 6.01. The van der Waals surface area contributed by atoms with Gasteiger partial charge in [0.1, 0.15) is 11.4 Å². The lowest BCUT2D eigenvalue weighted by atomic mass is 9.81. The third kappa shape index (κ3) is 4.25. The Morgan fingerprint density at radius 1 is 0.783 bits per heavy atom. The van der Waals surface area contributed by atoms with Crippen LogP contribution in [0.15, 0.2) is 24.3 Å². The van der Waals surface area contributed by atoms with Crippen LogP contribution in [0.1, 0.15) is 73.6 Å². The molecule has 126 valence electrons. The van der Waals surface area contributed by atoms with Crippen LogP contribution in [0.4, 0.5) is 0 Å². The Bertz CT molecular complexity index is 709. The number of pyridine rings is 1. The van der Waals surface area contributed by atoms with E-state index in [1.165, 1.54) is 10.9 Å². The number of hydrogen-bond acceptors (Lipinski definition) is 2. The number of rotatable bonds is 1. The van der Waals surface area contributed by atoms with Crippen molar-refractivity contribution in [1.29, 1.82) is 0 Å². The molecule has 0 saturated carbocycles. The summed E-state index contributed by atoms with van der Waals surface area (Å²) < 4.78 is 6.02. The Kier molecular flexibility index (Phi) is 4.26. The second-order valence-corrected chi connectivity index (χ2v) is 9.45. The molecule has 1 heterocycles. The topological polar surface area (TPSA) is 22.1 Å². The van der Waals surface area contributed by atoms with E-state index in [0.29, 0.717) is 0 Å². The minimum atomic E-state index is -0.206. The van der Waals surface area contributed by atoms with Crippen molar-refractivity contribution >= 4 is 10.9 Å². The van der Waals surface area contributed by atoms with Crippen molar-refractivity contribution in [2.24, 2.45) is 0 Å². The fourth-order valence-electron chi connectivity index (χ4n) is 2.63. The van der Waals surface area contributed by atoms with E-state index in [4.69, 9.17) is 9.72 Å². The van der Waals surface area contributed by atoms with Gasteiger partial charge in [-0.1, -0.05) is 41.5 Å². The molecule has 1 aromatic heterocycles. The predicted molar refractivity (Wildman–Crippen MR) is 99.5 cm³/mol. The summed E-state index contributed by atoms with van der Waals surface area (Å²) in [6.07, 6.45) is 0. The highest BCUT2D eigenvalue weighted by Gasteiger charge is 2.23. The van der Waals surface area contributed by atoms with Crippen molar-refractivity contribution < 1.29 is 4.74 Å². The summed E-state index contributed by atoms with van der Waals surface area (Å²) in [5, 5.41) is 1.21. The standard InChI is InChI=1S/C21H31NO/c1-19(2,3)16-13-18(20(4,5)6)22-17-12-14(10-11-15(16)17)23-21(7,8)9/h10-13H,1-9H3. The van der Waals surface area contributed by atoms with Crippen LogP contribution in [0, 0.1) is 0 Å². The molecular weight excluding hydrogens is 282 g/mol. The molecular formula is C21H31NO. The van der Waals surface area contributed by atoms with Gasteiger partial charge in [0.05, 0.1) is 5.52 Å². The van der Waals surface area contributed by atoms with Gasteiger partial charge in [0.25, 0.3) is 0 Å². The summed E-state index contributed by atoms with van der Waals surface area (Å²) in [6, 6.07) is 8.55. The van der Waals surface area contributed by atoms with Gasteiger partial charge < -0.3 is 4.74 Å². The fraction of sp³-hybridized carbons (Fsp3) is 0.571. The molecule has 2 nitrogen and oxygen atoms in total. The summed E-state index contributed by atoms with van der Waals surface area (Å²) in [5.74, 6) is 0.878. The first-order valence-corrected chi connectivity index (χ1v) is 8.42. The Hall–Kier alpha value is -1.57. The first kappa shape index (κ1) is 17.8. The Morgan fingerprint density at radius 3 is 1.87 bits per heavy atom. The van der Waals surface area contributed by atoms with Gasteiger partial charge in [0, 0.05) is 22.6 Å². The van der Waals surface area contributed by atoms with Gasteiger partial charge in [0.2, 0.25) is 0 Å². The van der Waals surface area contributed by atoms with Crippen LogP contribution in [-0.2, 0) is 10.8 Å². The van der Waals surface area contributed by atoms with E-state index in [1.807, 2.05) is 0 Å². The molecule has 0 fully saturated rings. The zero-order chi connectivity index (χ0) is 17.6. The summed E-state index contributed by atoms with van der Waals surface area (Å²) in [5.41, 5.74) is 3.38. The molecule has 0 spiro atoms. The highest BCUT2D eigenvalue weighted by Crippen LogP contribution is 2.35. The first-order valence-electron chi connectivity index (χ1n) is 8.42. The molecule has 0 aliphatic heterocycles. The average Bonchev–Trinajstić information content (AvgIpc) is 2.32.